The first-order chi connectivity index (χ1) is 14.4. The first kappa shape index (κ1) is 26.3. The van der Waals surface area contributed by atoms with Gasteiger partial charge in [-0.1, -0.05) is 0 Å². The maximum absolute atomic E-state index is 12.2. The number of fused-ring (bicyclic) bond motifs is 1. The zero-order valence-electron chi connectivity index (χ0n) is 16.8. The first-order valence-corrected chi connectivity index (χ1v) is 9.38. The van der Waals surface area contributed by atoms with Gasteiger partial charge < -0.3 is 29.4 Å². The summed E-state index contributed by atoms with van der Waals surface area (Å²) in [6.45, 7) is 5.07. The number of H-pyrrole nitrogens is 1. The summed E-state index contributed by atoms with van der Waals surface area (Å²) in [4.78, 5) is 35.2. The van der Waals surface area contributed by atoms with Crippen molar-refractivity contribution in [1.82, 2.24) is 14.1 Å². The molecule has 14 heteroatoms. The molecule has 0 saturated carbocycles. The van der Waals surface area contributed by atoms with Crippen LogP contribution >= 0.6 is 12.2 Å². The summed E-state index contributed by atoms with van der Waals surface area (Å²) < 4.78 is 46.1. The molecule has 0 aliphatic heterocycles. The summed E-state index contributed by atoms with van der Waals surface area (Å²) in [5.74, 6) is -3.17. The Balaban J connectivity index is 0.000000592. The number of nitrogens with two attached hydrogens (primary N) is 1. The van der Waals surface area contributed by atoms with Crippen molar-refractivity contribution in [3.05, 3.63) is 27.4 Å². The van der Waals surface area contributed by atoms with Crippen molar-refractivity contribution < 1.29 is 37.3 Å². The number of nitrogens with zero attached hydrogens (tertiary/aromatic N) is 2. The van der Waals surface area contributed by atoms with Gasteiger partial charge in [0.25, 0.3) is 5.56 Å². The summed E-state index contributed by atoms with van der Waals surface area (Å²) in [6.07, 6.45) is -3.15. The van der Waals surface area contributed by atoms with Gasteiger partial charge in [0, 0.05) is 19.3 Å². The van der Waals surface area contributed by atoms with Gasteiger partial charge >= 0.3 is 18.1 Å². The molecule has 0 atom stereocenters. The van der Waals surface area contributed by atoms with E-state index in [1.165, 1.54) is 0 Å². The zero-order valence-corrected chi connectivity index (χ0v) is 17.6. The number of ether oxygens (including phenoxy) is 2. The Morgan fingerprint density at radius 3 is 2.48 bits per heavy atom. The van der Waals surface area contributed by atoms with E-state index in [-0.39, 0.29) is 31.4 Å². The molecule has 2 aromatic heterocycles. The molecule has 0 aliphatic carbocycles. The molecular formula is C17H23F3N4O6S. The van der Waals surface area contributed by atoms with Crippen LogP contribution in [0.2, 0.25) is 0 Å². The minimum atomic E-state index is -5.08. The number of esters is 1. The molecule has 0 saturated heterocycles. The SMILES string of the molecule is CC(C)OCCn1c(=S)[nH]c(=O)c2c1ccn2COC(=O)CCN.O=C(O)C(F)(F)F. The molecule has 10 nitrogen and oxygen atoms in total. The predicted octanol–water partition coefficient (Wildman–Crippen LogP) is 1.77. The zero-order chi connectivity index (χ0) is 23.8. The molecule has 0 spiro atoms. The normalized spacial score (nSPS) is 11.3. The Morgan fingerprint density at radius 2 is 1.97 bits per heavy atom. The number of aromatic amines is 1. The van der Waals surface area contributed by atoms with Gasteiger partial charge in [-0.2, -0.15) is 13.2 Å². The fraction of sp³-hybridized carbons (Fsp3) is 0.529. The van der Waals surface area contributed by atoms with E-state index in [9.17, 15) is 22.8 Å². The van der Waals surface area contributed by atoms with Crippen LogP contribution in [0.3, 0.4) is 0 Å². The van der Waals surface area contributed by atoms with Crippen molar-refractivity contribution in [1.29, 1.82) is 0 Å². The topological polar surface area (TPSA) is 142 Å². The lowest BCUT2D eigenvalue weighted by atomic mass is 10.4. The third kappa shape index (κ3) is 8.15. The van der Waals surface area contributed by atoms with Crippen LogP contribution in [0.15, 0.2) is 17.1 Å². The van der Waals surface area contributed by atoms with Crippen LogP contribution in [0.1, 0.15) is 20.3 Å². The van der Waals surface area contributed by atoms with Crippen LogP contribution in [-0.2, 0) is 32.3 Å². The quantitative estimate of drug-likeness (QED) is 0.393. The lowest BCUT2D eigenvalue weighted by Crippen LogP contribution is -2.21. The summed E-state index contributed by atoms with van der Waals surface area (Å²) in [5.41, 5.74) is 6.05. The number of alkyl halides is 3. The van der Waals surface area contributed by atoms with Crippen LogP contribution in [0, 0.1) is 4.77 Å². The van der Waals surface area contributed by atoms with Crippen molar-refractivity contribution >= 4 is 35.2 Å². The molecule has 2 heterocycles. The number of nitrogens with one attached hydrogen (secondary N) is 1. The summed E-state index contributed by atoms with van der Waals surface area (Å²) in [6, 6.07) is 1.77. The highest BCUT2D eigenvalue weighted by atomic mass is 32.1. The maximum atomic E-state index is 12.2. The molecule has 0 aliphatic rings. The van der Waals surface area contributed by atoms with Crippen LogP contribution in [0.25, 0.3) is 11.0 Å². The maximum Gasteiger partial charge on any atom is 0.490 e. The number of hydrogen-bond donors (Lipinski definition) is 3. The highest BCUT2D eigenvalue weighted by Gasteiger charge is 2.38. The van der Waals surface area contributed by atoms with Crippen molar-refractivity contribution in [2.75, 3.05) is 13.2 Å². The van der Waals surface area contributed by atoms with Crippen LogP contribution in [0.4, 0.5) is 13.2 Å². The van der Waals surface area contributed by atoms with Crippen LogP contribution in [0.5, 0.6) is 0 Å². The van der Waals surface area contributed by atoms with Gasteiger partial charge in [0.2, 0.25) is 0 Å². The number of hydrogen-bond acceptors (Lipinski definition) is 7. The van der Waals surface area contributed by atoms with Gasteiger partial charge in [-0.25, -0.2) is 4.79 Å². The van der Waals surface area contributed by atoms with Crippen molar-refractivity contribution in [2.24, 2.45) is 5.73 Å². The lowest BCUT2D eigenvalue weighted by Gasteiger charge is -2.12. The monoisotopic (exact) mass is 468 g/mol. The van der Waals surface area contributed by atoms with Crippen molar-refractivity contribution in [3.8, 4) is 0 Å². The average molecular weight is 468 g/mol. The number of carboxylic acid groups (broad SMARTS) is 1. The Bertz CT molecular complexity index is 1010. The predicted molar refractivity (Wildman–Crippen MR) is 106 cm³/mol. The highest BCUT2D eigenvalue weighted by Crippen LogP contribution is 2.13. The van der Waals surface area contributed by atoms with E-state index in [4.69, 9.17) is 37.3 Å². The number of carbonyl (C=O) groups is 2. The second kappa shape index (κ2) is 11.6. The number of aliphatic carboxylic acids is 1. The van der Waals surface area contributed by atoms with Gasteiger partial charge in [-0.3, -0.25) is 14.6 Å². The van der Waals surface area contributed by atoms with E-state index >= 15 is 0 Å². The number of halogens is 3. The van der Waals surface area contributed by atoms with Crippen molar-refractivity contribution in [2.45, 2.75) is 45.8 Å². The van der Waals surface area contributed by atoms with Gasteiger partial charge in [0.1, 0.15) is 5.52 Å². The van der Waals surface area contributed by atoms with Gasteiger partial charge in [-0.05, 0) is 32.1 Å². The van der Waals surface area contributed by atoms with E-state index in [1.807, 2.05) is 13.8 Å². The fourth-order valence-corrected chi connectivity index (χ4v) is 2.58. The molecule has 2 rings (SSSR count). The summed E-state index contributed by atoms with van der Waals surface area (Å²) in [7, 11) is 0. The van der Waals surface area contributed by atoms with Gasteiger partial charge in [0.15, 0.2) is 11.5 Å². The minimum Gasteiger partial charge on any atom is -0.475 e. The third-order valence-corrected chi connectivity index (χ3v) is 3.96. The highest BCUT2D eigenvalue weighted by molar-refractivity contribution is 7.71. The molecule has 31 heavy (non-hydrogen) atoms. The molecule has 0 amide bonds. The van der Waals surface area contributed by atoms with Crippen LogP contribution < -0.4 is 11.3 Å². The molecule has 2 aromatic rings. The van der Waals surface area contributed by atoms with Gasteiger partial charge in [-0.15, -0.1) is 0 Å². The summed E-state index contributed by atoms with van der Waals surface area (Å²) >= 11 is 5.24. The van der Waals surface area contributed by atoms with Gasteiger partial charge in [0.05, 0.1) is 24.6 Å². The van der Waals surface area contributed by atoms with Crippen molar-refractivity contribution in [3.63, 3.8) is 0 Å². The number of carboxylic acids is 1. The smallest absolute Gasteiger partial charge is 0.475 e. The molecular weight excluding hydrogens is 445 g/mol. The van der Waals surface area contributed by atoms with E-state index in [0.717, 1.165) is 0 Å². The molecule has 4 N–H and O–H groups in total. The average Bonchev–Trinajstić information content (AvgIpc) is 3.07. The molecule has 0 aromatic carbocycles. The lowest BCUT2D eigenvalue weighted by molar-refractivity contribution is -0.192. The largest absolute Gasteiger partial charge is 0.490 e. The number of carbonyl (C=O) groups excluding carboxylic acids is 1. The van der Waals surface area contributed by atoms with E-state index in [0.29, 0.717) is 29.0 Å². The summed E-state index contributed by atoms with van der Waals surface area (Å²) in [5, 5.41) is 7.12. The third-order valence-electron chi connectivity index (χ3n) is 3.64. The standard InChI is InChI=1S/C15H22N4O4S.C2HF3O2/c1-10(2)22-8-7-19-11-4-6-18(9-23-12(20)3-5-16)13(11)14(21)17-15(19)24;3-2(4,5)1(6)7/h4,6,10H,3,5,7-9,16H2,1-2H3,(H,17,21,24);(H,6,7). The second-order valence-corrected chi connectivity index (χ2v) is 6.72. The van der Waals surface area contributed by atoms with Crippen LogP contribution in [-0.4, -0.2) is 56.6 Å². The second-order valence-electron chi connectivity index (χ2n) is 6.34. The minimum absolute atomic E-state index is 0.0509. The Kier molecular flexibility index (Phi) is 9.87. The Labute approximate surface area is 179 Å². The first-order valence-electron chi connectivity index (χ1n) is 8.97. The number of rotatable bonds is 8. The Morgan fingerprint density at radius 1 is 1.35 bits per heavy atom. The number of aromatic nitrogens is 3. The molecule has 0 bridgehead atoms. The van der Waals surface area contributed by atoms with E-state index in [2.05, 4.69) is 4.98 Å². The fourth-order valence-electron chi connectivity index (χ4n) is 2.30. The Hall–Kier alpha value is -2.71. The molecule has 174 valence electrons. The van der Waals surface area contributed by atoms with E-state index < -0.39 is 18.1 Å². The molecule has 0 radical (unpaired) electrons. The van der Waals surface area contributed by atoms with E-state index in [1.54, 1.807) is 21.4 Å². The molecule has 0 unspecified atom stereocenters. The molecule has 0 fully saturated rings.